The molecule has 18 heteroatoms. The maximum Gasteiger partial charge on any atom is 0.405 e. The van der Waals surface area contributed by atoms with Gasteiger partial charge in [-0.2, -0.15) is 13.2 Å². The number of thioether (sulfide) groups is 2. The predicted molar refractivity (Wildman–Crippen MR) is 143 cm³/mol. The van der Waals surface area contributed by atoms with E-state index in [1.165, 1.54) is 17.8 Å². The van der Waals surface area contributed by atoms with Gasteiger partial charge >= 0.3 is 18.2 Å². The molecule has 2 aromatic rings. The van der Waals surface area contributed by atoms with Crippen molar-refractivity contribution in [1.29, 1.82) is 0 Å². The van der Waals surface area contributed by atoms with E-state index in [0.717, 1.165) is 28.0 Å². The highest BCUT2D eigenvalue weighted by Gasteiger charge is 2.54. The lowest BCUT2D eigenvalue weighted by molar-refractivity contribution is -0.707. The molecule has 4 N–H and O–H groups in total. The molecule has 0 aromatic carbocycles. The second kappa shape index (κ2) is 12.6. The van der Waals surface area contributed by atoms with Crippen LogP contribution in [-0.4, -0.2) is 74.6 Å². The van der Waals surface area contributed by atoms with Crippen LogP contribution in [0.2, 0.25) is 0 Å². The zero-order chi connectivity index (χ0) is 29.9. The molecule has 0 spiro atoms. The van der Waals surface area contributed by atoms with Gasteiger partial charge in [-0.3, -0.25) is 14.5 Å². The number of carboxylic acid groups (broad SMARTS) is 1. The minimum absolute atomic E-state index is 0.106. The smallest absolute Gasteiger partial charge is 0.405 e. The van der Waals surface area contributed by atoms with Crippen molar-refractivity contribution < 1.29 is 42.3 Å². The van der Waals surface area contributed by atoms with Gasteiger partial charge in [-0.1, -0.05) is 13.0 Å². The molecular weight excluding hydrogens is 609 g/mol. The average molecular weight is 633 g/mol. The number of nitrogens with zero attached hydrogens (tertiary/aromatic N) is 3. The number of alkyl halides is 3. The Kier molecular flexibility index (Phi) is 9.33. The number of hydrogen-bond acceptors (Lipinski definition) is 9. The number of hydrogen-bond donors (Lipinski definition) is 4. The van der Waals surface area contributed by atoms with Crippen molar-refractivity contribution in [1.82, 2.24) is 25.9 Å². The average Bonchev–Trinajstić information content (AvgIpc) is 3.46. The van der Waals surface area contributed by atoms with Crippen LogP contribution in [0.25, 0.3) is 0 Å². The van der Waals surface area contributed by atoms with Crippen LogP contribution in [0.1, 0.15) is 23.5 Å². The second-order valence-corrected chi connectivity index (χ2v) is 11.8. The van der Waals surface area contributed by atoms with E-state index in [1.54, 1.807) is 28.9 Å². The molecule has 1 fully saturated rings. The highest BCUT2D eigenvalue weighted by molar-refractivity contribution is 8.01. The second-order valence-electron chi connectivity index (χ2n) is 8.72. The van der Waals surface area contributed by atoms with E-state index in [9.17, 15) is 42.7 Å². The largest absolute Gasteiger partial charge is 0.593 e. The van der Waals surface area contributed by atoms with Crippen molar-refractivity contribution in [2.24, 2.45) is 0 Å². The Labute approximate surface area is 243 Å². The summed E-state index contributed by atoms with van der Waals surface area (Å²) in [6.07, 6.45) is -4.08. The molecule has 0 aliphatic carbocycles. The number of β-lactam (4-membered cyclic amide) rings is 1. The quantitative estimate of drug-likeness (QED) is 0.132. The number of aliphatic carboxylic acids is 1. The number of aromatic nitrogens is 2. The van der Waals surface area contributed by atoms with Crippen LogP contribution in [-0.2, 0) is 20.8 Å². The Morgan fingerprint density at radius 3 is 2.68 bits per heavy atom. The van der Waals surface area contributed by atoms with Crippen molar-refractivity contribution in [3.05, 3.63) is 56.7 Å². The van der Waals surface area contributed by atoms with E-state index in [2.05, 4.69) is 15.7 Å². The van der Waals surface area contributed by atoms with Gasteiger partial charge in [0, 0.05) is 27.5 Å². The van der Waals surface area contributed by atoms with Crippen molar-refractivity contribution in [2.75, 3.05) is 18.1 Å². The Hall–Kier alpha value is -3.51. The van der Waals surface area contributed by atoms with Crippen LogP contribution in [0.4, 0.5) is 18.0 Å². The van der Waals surface area contributed by atoms with Crippen molar-refractivity contribution in [3.8, 4) is 0 Å². The number of thiophene rings is 1. The molecule has 2 aliphatic rings. The van der Waals surface area contributed by atoms with Gasteiger partial charge in [0.05, 0.1) is 0 Å². The molecule has 2 unspecified atom stereocenters. The highest BCUT2D eigenvalue weighted by Crippen LogP contribution is 2.41. The van der Waals surface area contributed by atoms with E-state index in [4.69, 9.17) is 0 Å². The molecule has 0 saturated carbocycles. The molecule has 4 heterocycles. The number of rotatable bonds is 10. The molecule has 2 aliphatic heterocycles. The fraction of sp³-hybridized carbons (Fsp3) is 0.391. The van der Waals surface area contributed by atoms with Crippen LogP contribution >= 0.6 is 34.9 Å². The topological polar surface area (TPSA) is 168 Å². The van der Waals surface area contributed by atoms with Crippen LogP contribution in [0.5, 0.6) is 0 Å². The van der Waals surface area contributed by atoms with E-state index in [0.29, 0.717) is 27.4 Å². The molecule has 41 heavy (non-hydrogen) atoms. The molecule has 1 saturated heterocycles. The first kappa shape index (κ1) is 30.4. The Morgan fingerprint density at radius 2 is 2.07 bits per heavy atom. The van der Waals surface area contributed by atoms with Crippen molar-refractivity contribution >= 4 is 58.7 Å². The third kappa shape index (κ3) is 7.05. The fourth-order valence-corrected chi connectivity index (χ4v) is 7.12. The summed E-state index contributed by atoms with van der Waals surface area (Å²) in [5, 5.41) is 33.4. The molecule has 2 aromatic heterocycles. The molecule has 4 rings (SSSR count). The number of carboxylic acids is 1. The minimum Gasteiger partial charge on any atom is -0.593 e. The summed E-state index contributed by atoms with van der Waals surface area (Å²) in [7, 11) is 0. The van der Waals surface area contributed by atoms with Crippen LogP contribution in [0.15, 0.2) is 45.9 Å². The van der Waals surface area contributed by atoms with Gasteiger partial charge in [0.1, 0.15) is 35.4 Å². The number of urea groups is 1. The molecular formula is C23H23F3N6O6S3. The van der Waals surface area contributed by atoms with Gasteiger partial charge < -0.3 is 26.3 Å². The number of carbonyl (C=O) groups is 4. The number of nitrogens with one attached hydrogen (secondary N) is 3. The lowest BCUT2D eigenvalue weighted by Gasteiger charge is -2.49. The van der Waals surface area contributed by atoms with Gasteiger partial charge in [-0.15, -0.1) is 23.1 Å². The first-order valence-electron chi connectivity index (χ1n) is 12.0. The normalized spacial score (nSPS) is 19.2. The minimum atomic E-state index is -4.66. The maximum atomic E-state index is 13.1. The number of amides is 4. The molecule has 3 atom stereocenters. The number of fused-ring (bicyclic) bond motifs is 1. The standard InChI is InChI=1S/C23H23F3N6O6S3/c1-2-12-5-6-14(32(38)30-12)40-8-11-9-41-20-16(19(34)31(20)17(11)21(35)36)28-18(33)15(13-4-3-7-39-13)29-22(37)27-10-23(24,25)26/h3-7,15-16,20H,2,8-10H2,1H3,(H,28,33)(H,35,36)(H2,27,29,37)/t15?,16-,20?/m1/s1. The SMILES string of the molecule is CCc1ccc(SCC2=C(C(=O)O)N3C(=O)[C@@H](NC(=O)C(NC(=O)NCC(F)(F)F)c4cccs4)C3SC2)[n+]([O-])n1. The van der Waals surface area contributed by atoms with E-state index < -0.39 is 54.0 Å². The lowest BCUT2D eigenvalue weighted by atomic mass is 10.0. The zero-order valence-corrected chi connectivity index (χ0v) is 23.6. The van der Waals surface area contributed by atoms with E-state index in [-0.39, 0.29) is 22.2 Å². The molecule has 4 amide bonds. The molecule has 0 radical (unpaired) electrons. The summed E-state index contributed by atoms with van der Waals surface area (Å²) in [5.74, 6) is -2.60. The molecule has 0 bridgehead atoms. The van der Waals surface area contributed by atoms with Gasteiger partial charge in [-0.05, 0) is 46.1 Å². The predicted octanol–water partition coefficient (Wildman–Crippen LogP) is 1.77. The highest BCUT2D eigenvalue weighted by atomic mass is 32.2. The summed E-state index contributed by atoms with van der Waals surface area (Å²) in [5.41, 5.74) is 0.760. The van der Waals surface area contributed by atoms with Gasteiger partial charge in [-0.25, -0.2) is 9.59 Å². The van der Waals surface area contributed by atoms with Gasteiger partial charge in [0.2, 0.25) is 5.91 Å². The van der Waals surface area contributed by atoms with Gasteiger partial charge in [0.15, 0.2) is 0 Å². The first-order valence-corrected chi connectivity index (χ1v) is 14.9. The summed E-state index contributed by atoms with van der Waals surface area (Å²) in [4.78, 5) is 52.2. The monoisotopic (exact) mass is 632 g/mol. The summed E-state index contributed by atoms with van der Waals surface area (Å²) in [6, 6.07) is 2.59. The molecule has 12 nitrogen and oxygen atoms in total. The van der Waals surface area contributed by atoms with E-state index >= 15 is 0 Å². The van der Waals surface area contributed by atoms with Crippen LogP contribution in [0.3, 0.4) is 0 Å². The Balaban J connectivity index is 1.45. The van der Waals surface area contributed by atoms with E-state index in [1.807, 2.05) is 6.92 Å². The number of halogens is 3. The van der Waals surface area contributed by atoms with Crippen LogP contribution < -0.4 is 20.8 Å². The third-order valence-electron chi connectivity index (χ3n) is 5.94. The summed E-state index contributed by atoms with van der Waals surface area (Å²) >= 11 is 3.36. The number of aryl methyl sites for hydroxylation is 1. The molecule has 220 valence electrons. The summed E-state index contributed by atoms with van der Waals surface area (Å²) < 4.78 is 37.4. The van der Waals surface area contributed by atoms with Crippen molar-refractivity contribution in [2.45, 2.75) is 42.0 Å². The third-order valence-corrected chi connectivity index (χ3v) is 9.30. The van der Waals surface area contributed by atoms with Crippen LogP contribution in [0, 0.1) is 5.21 Å². The lowest BCUT2D eigenvalue weighted by Crippen LogP contribution is -2.71. The summed E-state index contributed by atoms with van der Waals surface area (Å²) in [6.45, 7) is 0.246. The van der Waals surface area contributed by atoms with Crippen molar-refractivity contribution in [3.63, 3.8) is 0 Å². The Morgan fingerprint density at radius 1 is 1.32 bits per heavy atom. The Bertz CT molecular complexity index is 1370. The zero-order valence-electron chi connectivity index (χ0n) is 21.1. The van der Waals surface area contributed by atoms with Gasteiger partial charge in [0.25, 0.3) is 10.9 Å². The first-order chi connectivity index (χ1) is 19.4. The maximum absolute atomic E-state index is 13.1. The number of carbonyl (C=O) groups excluding carboxylic acids is 3. The fourth-order valence-electron chi connectivity index (χ4n) is 4.00.